The van der Waals surface area contributed by atoms with Crippen LogP contribution in [0.25, 0.3) is 10.4 Å². The molecular formula is C15H20N4O4. The maximum atomic E-state index is 11.6. The quantitative estimate of drug-likeness (QED) is 0.492. The van der Waals surface area contributed by atoms with Gasteiger partial charge in [-0.1, -0.05) is 35.4 Å². The van der Waals surface area contributed by atoms with Crippen molar-refractivity contribution >= 4 is 6.09 Å². The number of rotatable bonds is 5. The first-order valence-corrected chi connectivity index (χ1v) is 7.50. The molecule has 2 rings (SSSR count). The molecule has 2 unspecified atom stereocenters. The molecule has 1 aliphatic rings. The van der Waals surface area contributed by atoms with Crippen LogP contribution in [0, 0.1) is 0 Å². The minimum atomic E-state index is -1.23. The van der Waals surface area contributed by atoms with E-state index in [1.165, 1.54) is 4.90 Å². The van der Waals surface area contributed by atoms with Crippen molar-refractivity contribution in [1.29, 1.82) is 0 Å². The summed E-state index contributed by atoms with van der Waals surface area (Å²) in [5.41, 5.74) is 9.30. The Morgan fingerprint density at radius 2 is 2.17 bits per heavy atom. The third-order valence-electron chi connectivity index (χ3n) is 4.01. The Balaban J connectivity index is 2.28. The summed E-state index contributed by atoms with van der Waals surface area (Å²) in [6, 6.07) is 8.02. The van der Waals surface area contributed by atoms with E-state index in [-0.39, 0.29) is 0 Å². The molecule has 1 fully saturated rings. The van der Waals surface area contributed by atoms with E-state index in [9.17, 15) is 15.0 Å². The van der Waals surface area contributed by atoms with Gasteiger partial charge in [-0.25, -0.2) is 4.79 Å². The third kappa shape index (κ3) is 3.92. The number of azide groups is 1. The molecular weight excluding hydrogens is 300 g/mol. The van der Waals surface area contributed by atoms with Gasteiger partial charge in [-0.15, -0.1) is 0 Å². The topological polar surface area (TPSA) is 119 Å². The Morgan fingerprint density at radius 1 is 1.48 bits per heavy atom. The van der Waals surface area contributed by atoms with Gasteiger partial charge in [-0.3, -0.25) is 4.90 Å². The second-order valence-electron chi connectivity index (χ2n) is 5.34. The van der Waals surface area contributed by atoms with Gasteiger partial charge in [0.15, 0.2) is 6.29 Å². The van der Waals surface area contributed by atoms with E-state index >= 15 is 0 Å². The van der Waals surface area contributed by atoms with Gasteiger partial charge >= 0.3 is 6.09 Å². The van der Waals surface area contributed by atoms with Crippen LogP contribution in [0.2, 0.25) is 0 Å². The molecule has 1 aromatic rings. The van der Waals surface area contributed by atoms with Crippen LogP contribution in [0.5, 0.6) is 0 Å². The fraction of sp³-hybridized carbons (Fsp3) is 0.533. The second-order valence-corrected chi connectivity index (χ2v) is 5.34. The Labute approximate surface area is 133 Å². The highest BCUT2D eigenvalue weighted by molar-refractivity contribution is 5.66. The number of carboxylic acid groups (broad SMARTS) is 1. The van der Waals surface area contributed by atoms with Gasteiger partial charge in [0.2, 0.25) is 0 Å². The number of amides is 1. The van der Waals surface area contributed by atoms with Crippen molar-refractivity contribution in [1.82, 2.24) is 4.90 Å². The van der Waals surface area contributed by atoms with Gasteiger partial charge in [0.25, 0.3) is 0 Å². The average Bonchev–Trinajstić information content (AvgIpc) is 2.55. The van der Waals surface area contributed by atoms with Gasteiger partial charge in [0.1, 0.15) is 0 Å². The fourth-order valence-corrected chi connectivity index (χ4v) is 2.93. The highest BCUT2D eigenvalue weighted by Gasteiger charge is 2.38. The monoisotopic (exact) mass is 320 g/mol. The van der Waals surface area contributed by atoms with Gasteiger partial charge in [0.05, 0.1) is 18.2 Å². The minimum absolute atomic E-state index is 0.296. The van der Waals surface area contributed by atoms with E-state index in [2.05, 4.69) is 10.0 Å². The number of nitrogens with zero attached hydrogens (tertiary/aromatic N) is 4. The predicted octanol–water partition coefficient (Wildman–Crippen LogP) is 2.90. The van der Waals surface area contributed by atoms with Gasteiger partial charge < -0.3 is 14.9 Å². The molecule has 1 saturated heterocycles. The van der Waals surface area contributed by atoms with Crippen molar-refractivity contribution in [3.63, 3.8) is 0 Å². The van der Waals surface area contributed by atoms with Crippen LogP contribution in [0.1, 0.15) is 31.4 Å². The Kier molecular flexibility index (Phi) is 5.81. The predicted molar refractivity (Wildman–Crippen MR) is 82.6 cm³/mol. The van der Waals surface area contributed by atoms with Gasteiger partial charge in [0, 0.05) is 11.5 Å². The van der Waals surface area contributed by atoms with Gasteiger partial charge in [-0.05, 0) is 30.9 Å². The second kappa shape index (κ2) is 7.82. The van der Waals surface area contributed by atoms with Crippen LogP contribution in [0.4, 0.5) is 4.79 Å². The summed E-state index contributed by atoms with van der Waals surface area (Å²) in [5.74, 6) is 0. The molecule has 0 spiro atoms. The van der Waals surface area contributed by atoms with Crippen LogP contribution in [-0.2, 0) is 4.74 Å². The molecule has 0 aliphatic carbocycles. The summed E-state index contributed by atoms with van der Waals surface area (Å²) in [4.78, 5) is 15.6. The number of ether oxygens (including phenoxy) is 1. The highest BCUT2D eigenvalue weighted by Crippen LogP contribution is 2.34. The van der Waals surface area contributed by atoms with Crippen molar-refractivity contribution < 1.29 is 19.7 Å². The standard InChI is InChI=1S/C15H20N4O4/c1-2-19(15(21)22)13(10-6-4-3-5-7-10)12-9-8-11(17-18-16)14(20)23-12/h3-7,11-14,20H,2,8-9H2,1H3,(H,21,22)/t11-,12+,13?,14?/m1/s1. The van der Waals surface area contributed by atoms with Crippen molar-refractivity contribution in [2.24, 2.45) is 5.11 Å². The molecule has 0 saturated carbocycles. The first-order chi connectivity index (χ1) is 11.1. The lowest BCUT2D eigenvalue weighted by Crippen LogP contribution is -2.46. The van der Waals surface area contributed by atoms with E-state index in [0.29, 0.717) is 19.4 Å². The number of benzene rings is 1. The molecule has 0 aromatic heterocycles. The number of aliphatic hydroxyl groups excluding tert-OH is 1. The number of likely N-dealkylation sites (N-methyl/N-ethyl adjacent to an activating group) is 1. The van der Waals surface area contributed by atoms with Crippen molar-refractivity contribution in [2.45, 2.75) is 44.2 Å². The van der Waals surface area contributed by atoms with E-state index in [4.69, 9.17) is 10.3 Å². The zero-order valence-corrected chi connectivity index (χ0v) is 12.8. The molecule has 0 bridgehead atoms. The summed E-state index contributed by atoms with van der Waals surface area (Å²) in [6.07, 6.45) is -1.85. The molecule has 1 amide bonds. The van der Waals surface area contributed by atoms with E-state index in [1.54, 1.807) is 6.92 Å². The Morgan fingerprint density at radius 3 is 2.70 bits per heavy atom. The molecule has 23 heavy (non-hydrogen) atoms. The molecule has 4 atom stereocenters. The molecule has 8 nitrogen and oxygen atoms in total. The molecule has 8 heteroatoms. The van der Waals surface area contributed by atoms with Crippen molar-refractivity contribution in [3.05, 3.63) is 46.3 Å². The first kappa shape index (κ1) is 17.1. The van der Waals surface area contributed by atoms with E-state index in [0.717, 1.165) is 5.56 Å². The largest absolute Gasteiger partial charge is 0.465 e. The summed E-state index contributed by atoms with van der Waals surface area (Å²) in [7, 11) is 0. The Bertz CT molecular complexity index is 576. The summed E-state index contributed by atoms with van der Waals surface area (Å²) in [6.45, 7) is 2.05. The van der Waals surface area contributed by atoms with Crippen molar-refractivity contribution in [3.8, 4) is 0 Å². The summed E-state index contributed by atoms with van der Waals surface area (Å²) < 4.78 is 5.59. The summed E-state index contributed by atoms with van der Waals surface area (Å²) in [5, 5.41) is 23.0. The molecule has 0 radical (unpaired) electrons. The van der Waals surface area contributed by atoms with Crippen LogP contribution in [0.15, 0.2) is 35.4 Å². The molecule has 2 N–H and O–H groups in total. The molecule has 1 heterocycles. The van der Waals surface area contributed by atoms with Crippen LogP contribution >= 0.6 is 0 Å². The SMILES string of the molecule is CCN(C(=O)O)C(c1ccccc1)[C@@H]1CC[C@@H](N=[N+]=[N-])C(O)O1. The van der Waals surface area contributed by atoms with Crippen LogP contribution in [0.3, 0.4) is 0 Å². The maximum Gasteiger partial charge on any atom is 0.407 e. The number of hydrogen-bond donors (Lipinski definition) is 2. The first-order valence-electron chi connectivity index (χ1n) is 7.50. The van der Waals surface area contributed by atoms with E-state index < -0.39 is 30.6 Å². The average molecular weight is 320 g/mol. The third-order valence-corrected chi connectivity index (χ3v) is 4.01. The molecule has 1 aliphatic heterocycles. The van der Waals surface area contributed by atoms with Crippen LogP contribution < -0.4 is 0 Å². The lowest BCUT2D eigenvalue weighted by molar-refractivity contribution is -0.188. The van der Waals surface area contributed by atoms with Crippen molar-refractivity contribution in [2.75, 3.05) is 6.54 Å². The lowest BCUT2D eigenvalue weighted by Gasteiger charge is -2.40. The normalized spacial score (nSPS) is 25.2. The number of hydrogen-bond acceptors (Lipinski definition) is 4. The molecule has 1 aromatic carbocycles. The fourth-order valence-electron chi connectivity index (χ4n) is 2.93. The zero-order chi connectivity index (χ0) is 16.8. The minimum Gasteiger partial charge on any atom is -0.465 e. The van der Waals surface area contributed by atoms with E-state index in [1.807, 2.05) is 30.3 Å². The van der Waals surface area contributed by atoms with Crippen LogP contribution in [-0.4, -0.2) is 46.2 Å². The Hall–Kier alpha value is -2.28. The molecule has 124 valence electrons. The smallest absolute Gasteiger partial charge is 0.407 e. The zero-order valence-electron chi connectivity index (χ0n) is 12.8. The maximum absolute atomic E-state index is 11.6. The number of aliphatic hydroxyl groups is 1. The highest BCUT2D eigenvalue weighted by atomic mass is 16.6. The number of carbonyl (C=O) groups is 1. The lowest BCUT2D eigenvalue weighted by atomic mass is 9.93. The summed E-state index contributed by atoms with van der Waals surface area (Å²) >= 11 is 0. The van der Waals surface area contributed by atoms with Gasteiger partial charge in [-0.2, -0.15) is 0 Å².